The van der Waals surface area contributed by atoms with E-state index in [9.17, 15) is 19.7 Å². The maximum absolute atomic E-state index is 11.9. The molecule has 0 aromatic heterocycles. The number of amides is 2. The van der Waals surface area contributed by atoms with E-state index >= 15 is 0 Å². The monoisotopic (exact) mass is 341 g/mol. The molecule has 0 atom stereocenters. The first-order valence-electron chi connectivity index (χ1n) is 7.17. The predicted octanol–water partition coefficient (Wildman–Crippen LogP) is 2.08. The van der Waals surface area contributed by atoms with Gasteiger partial charge >= 0.3 is 0 Å². The van der Waals surface area contributed by atoms with Gasteiger partial charge in [0.05, 0.1) is 12.0 Å². The van der Waals surface area contributed by atoms with Crippen LogP contribution in [0.1, 0.15) is 15.9 Å². The lowest BCUT2D eigenvalue weighted by molar-refractivity contribution is -0.384. The fraction of sp³-hybridized carbons (Fsp3) is 0.0588. The van der Waals surface area contributed by atoms with Crippen LogP contribution in [0.2, 0.25) is 0 Å². The Hall–Kier alpha value is -3.68. The minimum Gasteiger partial charge on any atom is -0.496 e. The third-order valence-electron chi connectivity index (χ3n) is 3.19. The number of hydrazine groups is 1. The van der Waals surface area contributed by atoms with Gasteiger partial charge in [-0.05, 0) is 24.3 Å². The van der Waals surface area contributed by atoms with Crippen molar-refractivity contribution in [2.75, 3.05) is 7.11 Å². The van der Waals surface area contributed by atoms with E-state index in [0.29, 0.717) is 11.3 Å². The summed E-state index contributed by atoms with van der Waals surface area (Å²) >= 11 is 0. The summed E-state index contributed by atoms with van der Waals surface area (Å²) < 4.78 is 5.16. The van der Waals surface area contributed by atoms with Gasteiger partial charge in [0.2, 0.25) is 0 Å². The number of nitrogens with zero attached hydrogens (tertiary/aromatic N) is 1. The minimum atomic E-state index is -0.589. The van der Waals surface area contributed by atoms with Gasteiger partial charge in [0, 0.05) is 29.3 Å². The lowest BCUT2D eigenvalue weighted by Gasteiger charge is -2.06. The van der Waals surface area contributed by atoms with Crippen LogP contribution in [0.25, 0.3) is 6.08 Å². The van der Waals surface area contributed by atoms with Crippen LogP contribution in [0.5, 0.6) is 5.75 Å². The van der Waals surface area contributed by atoms with Crippen molar-refractivity contribution in [1.82, 2.24) is 10.9 Å². The van der Waals surface area contributed by atoms with Crippen LogP contribution in [0.15, 0.2) is 54.6 Å². The quantitative estimate of drug-likeness (QED) is 0.491. The summed E-state index contributed by atoms with van der Waals surface area (Å²) in [4.78, 5) is 33.6. The van der Waals surface area contributed by atoms with Crippen LogP contribution in [-0.2, 0) is 4.79 Å². The topological polar surface area (TPSA) is 111 Å². The smallest absolute Gasteiger partial charge is 0.269 e. The average Bonchev–Trinajstić information content (AvgIpc) is 2.64. The van der Waals surface area contributed by atoms with E-state index in [4.69, 9.17) is 4.74 Å². The maximum Gasteiger partial charge on any atom is 0.269 e. The van der Waals surface area contributed by atoms with Crippen molar-refractivity contribution >= 4 is 23.6 Å². The van der Waals surface area contributed by atoms with E-state index in [1.165, 1.54) is 37.5 Å². The molecule has 2 amide bonds. The molecular formula is C17H15N3O5. The van der Waals surface area contributed by atoms with Gasteiger partial charge in [0.25, 0.3) is 17.5 Å². The summed E-state index contributed by atoms with van der Waals surface area (Å²) in [5, 5.41) is 10.6. The van der Waals surface area contributed by atoms with Crippen molar-refractivity contribution in [3.63, 3.8) is 0 Å². The highest BCUT2D eigenvalue weighted by molar-refractivity contribution is 5.98. The second kappa shape index (κ2) is 8.25. The molecule has 0 unspecified atom stereocenters. The summed E-state index contributed by atoms with van der Waals surface area (Å²) in [5.41, 5.74) is 5.21. The summed E-state index contributed by atoms with van der Waals surface area (Å²) in [5.74, 6) is -0.517. The van der Waals surface area contributed by atoms with Gasteiger partial charge in [-0.3, -0.25) is 30.6 Å². The molecule has 0 saturated heterocycles. The number of nitrogens with one attached hydrogen (secondary N) is 2. The molecule has 2 aromatic carbocycles. The molecule has 2 rings (SSSR count). The van der Waals surface area contributed by atoms with Gasteiger partial charge < -0.3 is 4.74 Å². The molecule has 2 N–H and O–H groups in total. The third-order valence-corrected chi connectivity index (χ3v) is 3.19. The SMILES string of the molecule is COc1ccccc1C=CC(=O)NNC(=O)c1ccc([N+](=O)[O-])cc1. The Balaban J connectivity index is 1.91. The highest BCUT2D eigenvalue weighted by Crippen LogP contribution is 2.18. The Morgan fingerprint density at radius 1 is 1.08 bits per heavy atom. The number of hydrogen-bond donors (Lipinski definition) is 2. The van der Waals surface area contributed by atoms with Crippen molar-refractivity contribution in [2.24, 2.45) is 0 Å². The van der Waals surface area contributed by atoms with E-state index in [2.05, 4.69) is 10.9 Å². The number of nitro groups is 1. The van der Waals surface area contributed by atoms with E-state index in [-0.39, 0.29) is 11.3 Å². The number of ether oxygens (including phenoxy) is 1. The number of carbonyl (C=O) groups is 2. The fourth-order valence-corrected chi connectivity index (χ4v) is 1.94. The van der Waals surface area contributed by atoms with Gasteiger partial charge in [0.15, 0.2) is 0 Å². The molecule has 0 saturated carbocycles. The molecule has 0 fully saturated rings. The molecule has 25 heavy (non-hydrogen) atoms. The fourth-order valence-electron chi connectivity index (χ4n) is 1.94. The first-order valence-corrected chi connectivity index (χ1v) is 7.17. The van der Waals surface area contributed by atoms with Crippen molar-refractivity contribution in [3.8, 4) is 5.75 Å². The van der Waals surface area contributed by atoms with E-state index in [1.807, 2.05) is 0 Å². The number of non-ortho nitro benzene ring substituents is 1. The molecule has 8 nitrogen and oxygen atoms in total. The first-order chi connectivity index (χ1) is 12.0. The Bertz CT molecular complexity index is 815. The molecule has 2 aromatic rings. The highest BCUT2D eigenvalue weighted by atomic mass is 16.6. The highest BCUT2D eigenvalue weighted by Gasteiger charge is 2.09. The van der Waals surface area contributed by atoms with Crippen molar-refractivity contribution in [3.05, 3.63) is 75.8 Å². The summed E-state index contributed by atoms with van der Waals surface area (Å²) in [6.45, 7) is 0. The van der Waals surface area contributed by atoms with Crippen molar-refractivity contribution < 1.29 is 19.2 Å². The Morgan fingerprint density at radius 2 is 1.76 bits per heavy atom. The maximum atomic E-state index is 11.9. The molecule has 0 bridgehead atoms. The number of para-hydroxylation sites is 1. The second-order valence-corrected chi connectivity index (χ2v) is 4.82. The lowest BCUT2D eigenvalue weighted by Crippen LogP contribution is -2.40. The molecule has 0 aliphatic carbocycles. The summed E-state index contributed by atoms with van der Waals surface area (Å²) in [7, 11) is 1.52. The number of hydrogen-bond acceptors (Lipinski definition) is 5. The van der Waals surface area contributed by atoms with Crippen LogP contribution >= 0.6 is 0 Å². The van der Waals surface area contributed by atoms with Crippen LogP contribution in [-0.4, -0.2) is 23.8 Å². The number of benzene rings is 2. The standard InChI is InChI=1S/C17H15N3O5/c1-25-15-5-3-2-4-12(15)8-11-16(21)18-19-17(22)13-6-9-14(10-7-13)20(23)24/h2-11H,1H3,(H,18,21)(H,19,22). The Morgan fingerprint density at radius 3 is 2.40 bits per heavy atom. The second-order valence-electron chi connectivity index (χ2n) is 4.82. The number of methoxy groups -OCH3 is 1. The summed E-state index contributed by atoms with van der Waals surface area (Å²) in [6, 6.07) is 12.1. The van der Waals surface area contributed by atoms with Gasteiger partial charge in [-0.25, -0.2) is 0 Å². The zero-order valence-corrected chi connectivity index (χ0v) is 13.3. The van der Waals surface area contributed by atoms with Crippen molar-refractivity contribution in [2.45, 2.75) is 0 Å². The van der Waals surface area contributed by atoms with Crippen LogP contribution in [0.3, 0.4) is 0 Å². The Kier molecular flexibility index (Phi) is 5.83. The number of rotatable bonds is 5. The lowest BCUT2D eigenvalue weighted by atomic mass is 10.2. The Labute approximate surface area is 143 Å². The van der Waals surface area contributed by atoms with Gasteiger partial charge in [-0.1, -0.05) is 18.2 Å². The van der Waals surface area contributed by atoms with E-state index in [0.717, 1.165) is 0 Å². The van der Waals surface area contributed by atoms with Gasteiger partial charge in [0.1, 0.15) is 5.75 Å². The molecule has 0 aliphatic heterocycles. The summed E-state index contributed by atoms with van der Waals surface area (Å²) in [6.07, 6.45) is 2.79. The van der Waals surface area contributed by atoms with E-state index in [1.54, 1.807) is 30.3 Å². The van der Waals surface area contributed by atoms with Crippen LogP contribution in [0.4, 0.5) is 5.69 Å². The third kappa shape index (κ3) is 4.90. The number of carbonyl (C=O) groups excluding carboxylic acids is 2. The van der Waals surface area contributed by atoms with E-state index < -0.39 is 16.7 Å². The number of nitro benzene ring substituents is 1. The molecule has 0 aliphatic rings. The first kappa shape index (κ1) is 17.7. The zero-order valence-electron chi connectivity index (χ0n) is 13.3. The zero-order chi connectivity index (χ0) is 18.2. The average molecular weight is 341 g/mol. The largest absolute Gasteiger partial charge is 0.496 e. The molecule has 8 heteroatoms. The molecule has 0 heterocycles. The molecular weight excluding hydrogens is 326 g/mol. The minimum absolute atomic E-state index is 0.125. The normalized spacial score (nSPS) is 10.3. The van der Waals surface area contributed by atoms with Crippen LogP contribution in [0, 0.1) is 10.1 Å². The van der Waals surface area contributed by atoms with Crippen molar-refractivity contribution in [1.29, 1.82) is 0 Å². The predicted molar refractivity (Wildman–Crippen MR) is 90.7 cm³/mol. The van der Waals surface area contributed by atoms with Gasteiger partial charge in [-0.15, -0.1) is 0 Å². The molecule has 0 radical (unpaired) electrons. The van der Waals surface area contributed by atoms with Gasteiger partial charge in [-0.2, -0.15) is 0 Å². The molecule has 128 valence electrons. The molecule has 0 spiro atoms. The van der Waals surface area contributed by atoms with Crippen LogP contribution < -0.4 is 15.6 Å².